The molecule has 3 aromatic carbocycles. The van der Waals surface area contributed by atoms with E-state index < -0.39 is 0 Å². The van der Waals surface area contributed by atoms with E-state index in [0.717, 1.165) is 52.2 Å². The number of benzene rings is 3. The van der Waals surface area contributed by atoms with Crippen molar-refractivity contribution in [3.05, 3.63) is 95.1 Å². The monoisotopic (exact) mass is 511 g/mol. The van der Waals surface area contributed by atoms with Gasteiger partial charge in [0.1, 0.15) is 23.4 Å². The second kappa shape index (κ2) is 13.9. The molecule has 1 aliphatic rings. The van der Waals surface area contributed by atoms with E-state index in [1.54, 1.807) is 24.3 Å². The lowest BCUT2D eigenvalue weighted by Gasteiger charge is -2.31. The third kappa shape index (κ3) is 7.29. The maximum Gasteiger partial charge on any atom is 0.150 e. The standard InChI is InChI=1S/C34H41NO3/c1-3-4-5-6-7-8-9-21-35-22-11-12-26-15-17-27(18-16-26)34-33(28-13-10-14-29(36)23-28)25(2)31-24-30(37)19-20-32(31)38-34/h10-20,23-24,34-37H,3-9,21-22H2,1-2H3/b12-11-. The molecule has 1 atom stereocenters. The molecule has 4 rings (SSSR count). The van der Waals surface area contributed by atoms with Crippen LogP contribution >= 0.6 is 0 Å². The Balaban J connectivity index is 1.40. The topological polar surface area (TPSA) is 61.7 Å². The second-order valence-corrected chi connectivity index (χ2v) is 10.2. The maximum atomic E-state index is 10.1. The lowest BCUT2D eigenvalue weighted by molar-refractivity contribution is 0.259. The van der Waals surface area contributed by atoms with Gasteiger partial charge in [-0.1, -0.05) is 94.0 Å². The summed E-state index contributed by atoms with van der Waals surface area (Å²) in [6, 6.07) is 20.9. The highest BCUT2D eigenvalue weighted by Crippen LogP contribution is 2.47. The molecule has 0 saturated carbocycles. The molecule has 0 amide bonds. The van der Waals surface area contributed by atoms with Gasteiger partial charge in [0.2, 0.25) is 0 Å². The van der Waals surface area contributed by atoms with E-state index in [9.17, 15) is 10.2 Å². The molecule has 3 N–H and O–H groups in total. The van der Waals surface area contributed by atoms with Gasteiger partial charge < -0.3 is 20.3 Å². The van der Waals surface area contributed by atoms with E-state index in [1.165, 1.54) is 44.9 Å². The molecule has 200 valence electrons. The van der Waals surface area contributed by atoms with Crippen LogP contribution in [-0.4, -0.2) is 23.3 Å². The normalized spacial score (nSPS) is 15.1. The Hall–Kier alpha value is -3.50. The van der Waals surface area contributed by atoms with Gasteiger partial charge in [0.25, 0.3) is 0 Å². The van der Waals surface area contributed by atoms with Crippen molar-refractivity contribution >= 4 is 17.2 Å². The summed E-state index contributed by atoms with van der Waals surface area (Å²) >= 11 is 0. The number of phenols is 2. The number of nitrogens with one attached hydrogen (secondary N) is 1. The molecular formula is C34H41NO3. The Morgan fingerprint density at radius 1 is 0.842 bits per heavy atom. The van der Waals surface area contributed by atoms with Crippen LogP contribution in [-0.2, 0) is 0 Å². The predicted molar refractivity (Wildman–Crippen MR) is 158 cm³/mol. The number of aromatic hydroxyl groups is 2. The largest absolute Gasteiger partial charge is 0.508 e. The van der Waals surface area contributed by atoms with Crippen LogP contribution in [0.5, 0.6) is 17.2 Å². The van der Waals surface area contributed by atoms with Crippen molar-refractivity contribution in [2.45, 2.75) is 64.9 Å². The second-order valence-electron chi connectivity index (χ2n) is 10.2. The fourth-order valence-electron chi connectivity index (χ4n) is 5.09. The highest BCUT2D eigenvalue weighted by Gasteiger charge is 2.29. The van der Waals surface area contributed by atoms with Gasteiger partial charge in [-0.3, -0.25) is 0 Å². The fourth-order valence-corrected chi connectivity index (χ4v) is 5.09. The summed E-state index contributed by atoms with van der Waals surface area (Å²) in [5.74, 6) is 1.16. The van der Waals surface area contributed by atoms with Crippen LogP contribution in [0.4, 0.5) is 0 Å². The molecule has 0 spiro atoms. The molecule has 0 aliphatic carbocycles. The lowest BCUT2D eigenvalue weighted by atomic mass is 9.86. The molecule has 3 aromatic rings. The van der Waals surface area contributed by atoms with Crippen molar-refractivity contribution in [2.75, 3.05) is 13.1 Å². The minimum absolute atomic E-state index is 0.202. The van der Waals surface area contributed by atoms with Gasteiger partial charge in [0.15, 0.2) is 0 Å². The Labute approximate surface area is 227 Å². The number of ether oxygens (including phenoxy) is 1. The minimum atomic E-state index is -0.324. The number of unbranched alkanes of at least 4 members (excludes halogenated alkanes) is 6. The smallest absolute Gasteiger partial charge is 0.150 e. The number of hydrogen-bond donors (Lipinski definition) is 3. The Bertz CT molecular complexity index is 1240. The first-order chi connectivity index (χ1) is 18.6. The molecule has 1 aliphatic heterocycles. The van der Waals surface area contributed by atoms with Crippen molar-refractivity contribution in [2.24, 2.45) is 0 Å². The average molecular weight is 512 g/mol. The molecule has 0 aromatic heterocycles. The van der Waals surface area contributed by atoms with E-state index in [1.807, 2.05) is 25.1 Å². The van der Waals surface area contributed by atoms with Crippen molar-refractivity contribution < 1.29 is 14.9 Å². The highest BCUT2D eigenvalue weighted by atomic mass is 16.5. The Kier molecular flexibility index (Phi) is 10.1. The van der Waals surface area contributed by atoms with Crippen LogP contribution in [0.15, 0.2) is 72.8 Å². The van der Waals surface area contributed by atoms with Crippen molar-refractivity contribution in [3.8, 4) is 17.2 Å². The summed E-state index contributed by atoms with van der Waals surface area (Å²) in [6.07, 6.45) is 13.3. The zero-order valence-corrected chi connectivity index (χ0v) is 22.7. The zero-order chi connectivity index (χ0) is 26.7. The van der Waals surface area contributed by atoms with Crippen molar-refractivity contribution in [1.82, 2.24) is 5.32 Å². The van der Waals surface area contributed by atoms with Gasteiger partial charge in [0.05, 0.1) is 0 Å². The number of allylic oxidation sites excluding steroid dienone is 1. The summed E-state index contributed by atoms with van der Waals surface area (Å²) in [7, 11) is 0. The van der Waals surface area contributed by atoms with E-state index >= 15 is 0 Å². The molecule has 0 radical (unpaired) electrons. The van der Waals surface area contributed by atoms with E-state index in [4.69, 9.17) is 4.74 Å². The first-order valence-electron chi connectivity index (χ1n) is 14.0. The Morgan fingerprint density at radius 2 is 1.58 bits per heavy atom. The third-order valence-corrected chi connectivity index (χ3v) is 7.20. The van der Waals surface area contributed by atoms with Crippen LogP contribution < -0.4 is 10.1 Å². The van der Waals surface area contributed by atoms with Gasteiger partial charge >= 0.3 is 0 Å². The van der Waals surface area contributed by atoms with E-state index in [2.05, 4.69) is 48.7 Å². The number of phenolic OH excluding ortho intramolecular Hbond substituents is 2. The minimum Gasteiger partial charge on any atom is -0.508 e. The highest BCUT2D eigenvalue weighted by molar-refractivity contribution is 5.95. The number of fused-ring (bicyclic) bond motifs is 1. The molecule has 0 bridgehead atoms. The SMILES string of the molecule is CCCCCCCCCNC/C=C\c1ccc(C2Oc3ccc(O)cc3C(C)=C2c2cccc(O)c2)cc1. The van der Waals surface area contributed by atoms with Crippen molar-refractivity contribution in [3.63, 3.8) is 0 Å². The summed E-state index contributed by atoms with van der Waals surface area (Å²) in [4.78, 5) is 0. The van der Waals surface area contributed by atoms with Crippen molar-refractivity contribution in [1.29, 1.82) is 0 Å². The summed E-state index contributed by atoms with van der Waals surface area (Å²) < 4.78 is 6.48. The summed E-state index contributed by atoms with van der Waals surface area (Å²) in [5, 5.41) is 23.7. The first kappa shape index (κ1) is 27.5. The van der Waals surface area contributed by atoms with Crippen LogP contribution in [0.25, 0.3) is 17.2 Å². The molecular weight excluding hydrogens is 470 g/mol. The van der Waals surface area contributed by atoms with E-state index in [-0.39, 0.29) is 17.6 Å². The fraction of sp³-hybridized carbons (Fsp3) is 0.353. The van der Waals surface area contributed by atoms with Gasteiger partial charge in [0, 0.05) is 17.7 Å². The van der Waals surface area contributed by atoms with Gasteiger partial charge in [-0.25, -0.2) is 0 Å². The molecule has 38 heavy (non-hydrogen) atoms. The zero-order valence-electron chi connectivity index (χ0n) is 22.7. The maximum absolute atomic E-state index is 10.1. The predicted octanol–water partition coefficient (Wildman–Crippen LogP) is 8.52. The molecule has 1 unspecified atom stereocenters. The molecule has 4 nitrogen and oxygen atoms in total. The first-order valence-corrected chi connectivity index (χ1v) is 14.0. The van der Waals surface area contributed by atoms with Crippen LogP contribution in [0.1, 0.15) is 87.2 Å². The molecule has 1 heterocycles. The average Bonchev–Trinajstić information content (AvgIpc) is 2.92. The quantitative estimate of drug-likeness (QED) is 0.201. The molecule has 4 heteroatoms. The number of hydrogen-bond acceptors (Lipinski definition) is 4. The number of rotatable bonds is 13. The lowest BCUT2D eigenvalue weighted by Crippen LogP contribution is -2.16. The van der Waals surface area contributed by atoms with Crippen LogP contribution in [0, 0.1) is 0 Å². The van der Waals surface area contributed by atoms with E-state index in [0.29, 0.717) is 0 Å². The van der Waals surface area contributed by atoms with Crippen LogP contribution in [0.3, 0.4) is 0 Å². The van der Waals surface area contributed by atoms with Crippen LogP contribution in [0.2, 0.25) is 0 Å². The molecule has 0 fully saturated rings. The summed E-state index contributed by atoms with van der Waals surface area (Å²) in [6.45, 7) is 6.25. The van der Waals surface area contributed by atoms with Gasteiger partial charge in [-0.2, -0.15) is 0 Å². The van der Waals surface area contributed by atoms with Gasteiger partial charge in [-0.05, 0) is 72.5 Å². The third-order valence-electron chi connectivity index (χ3n) is 7.20. The summed E-state index contributed by atoms with van der Waals surface area (Å²) in [5.41, 5.74) is 5.95. The van der Waals surface area contributed by atoms with Gasteiger partial charge in [-0.15, -0.1) is 0 Å². The Morgan fingerprint density at radius 3 is 2.34 bits per heavy atom. The molecule has 0 saturated heterocycles.